The fourth-order valence-corrected chi connectivity index (χ4v) is 5.48. The number of aryl methyl sites for hydroxylation is 4. The molecule has 0 radical (unpaired) electrons. The van der Waals surface area contributed by atoms with E-state index in [0.717, 1.165) is 28.7 Å². The van der Waals surface area contributed by atoms with E-state index in [4.69, 9.17) is 0 Å². The van der Waals surface area contributed by atoms with Crippen LogP contribution < -0.4 is 14.9 Å². The predicted molar refractivity (Wildman–Crippen MR) is 134 cm³/mol. The maximum absolute atomic E-state index is 13.3. The van der Waals surface area contributed by atoms with E-state index >= 15 is 0 Å². The number of carbonyl (C=O) groups is 2. The molecule has 0 spiro atoms. The molecule has 0 unspecified atom stereocenters. The van der Waals surface area contributed by atoms with Gasteiger partial charge in [0.05, 0.1) is 10.6 Å². The highest BCUT2D eigenvalue weighted by atomic mass is 32.2. The zero-order valence-corrected chi connectivity index (χ0v) is 20.2. The molecule has 0 aliphatic carbocycles. The molecule has 0 fully saturated rings. The van der Waals surface area contributed by atoms with Crippen LogP contribution in [0.1, 0.15) is 28.7 Å². The lowest BCUT2D eigenvalue weighted by atomic mass is 10.0. The molecule has 1 aliphatic heterocycles. The zero-order valence-electron chi connectivity index (χ0n) is 19.4. The lowest BCUT2D eigenvalue weighted by Gasteiger charge is -2.31. The maximum atomic E-state index is 13.3. The number of fused-ring (bicyclic) bond motifs is 1. The quantitative estimate of drug-likeness (QED) is 0.547. The van der Waals surface area contributed by atoms with Gasteiger partial charge in [-0.1, -0.05) is 35.9 Å². The van der Waals surface area contributed by atoms with E-state index in [1.165, 1.54) is 4.31 Å². The number of nitrogens with one attached hydrogen (secondary N) is 2. The normalized spacial score (nSPS) is 13.2. The summed E-state index contributed by atoms with van der Waals surface area (Å²) in [7, 11) is -3.76. The van der Waals surface area contributed by atoms with E-state index in [0.29, 0.717) is 30.0 Å². The van der Waals surface area contributed by atoms with Crippen LogP contribution in [-0.4, -0.2) is 26.8 Å². The van der Waals surface area contributed by atoms with Gasteiger partial charge in [-0.2, -0.15) is 0 Å². The van der Waals surface area contributed by atoms with E-state index in [1.807, 2.05) is 32.9 Å². The van der Waals surface area contributed by atoms with Gasteiger partial charge in [-0.05, 0) is 80.6 Å². The molecule has 1 heterocycles. The van der Waals surface area contributed by atoms with Gasteiger partial charge in [0, 0.05) is 17.9 Å². The summed E-state index contributed by atoms with van der Waals surface area (Å²) >= 11 is 0. The second-order valence-electron chi connectivity index (χ2n) is 8.56. The second kappa shape index (κ2) is 9.30. The third kappa shape index (κ3) is 4.82. The Kier molecular flexibility index (Phi) is 6.43. The summed E-state index contributed by atoms with van der Waals surface area (Å²) in [5, 5.41) is 5.23. The molecule has 0 aromatic heterocycles. The summed E-state index contributed by atoms with van der Waals surface area (Å²) in [6.07, 6.45) is 1.43. The van der Waals surface area contributed by atoms with E-state index in [1.54, 1.807) is 48.5 Å². The summed E-state index contributed by atoms with van der Waals surface area (Å²) in [4.78, 5) is 25.2. The van der Waals surface area contributed by atoms with Gasteiger partial charge in [0.2, 0.25) is 0 Å². The maximum Gasteiger partial charge on any atom is 0.314 e. The SMILES string of the molecule is Cc1ccc(S(=O)(=O)N2CCCc3ccc(NC(=O)C(=O)Nc4cc(C)ccc4C)cc32)cc1. The summed E-state index contributed by atoms with van der Waals surface area (Å²) in [6, 6.07) is 17.4. The number of anilines is 3. The largest absolute Gasteiger partial charge is 0.318 e. The summed E-state index contributed by atoms with van der Waals surface area (Å²) in [5.41, 5.74) is 5.09. The molecule has 7 nitrogen and oxygen atoms in total. The molecule has 1 aliphatic rings. The third-order valence-electron chi connectivity index (χ3n) is 5.88. The van der Waals surface area contributed by atoms with Crippen LogP contribution in [0.25, 0.3) is 0 Å². The zero-order chi connectivity index (χ0) is 24.5. The van der Waals surface area contributed by atoms with Crippen molar-refractivity contribution >= 4 is 38.9 Å². The highest BCUT2D eigenvalue weighted by Gasteiger charge is 2.29. The highest BCUT2D eigenvalue weighted by molar-refractivity contribution is 7.92. The standard InChI is InChI=1S/C26H27N3O4S/c1-17-7-12-22(13-8-17)34(32,33)29-14-4-5-20-10-11-21(16-24(20)29)27-25(30)26(31)28-23-15-18(2)6-9-19(23)3/h6-13,15-16H,4-5,14H2,1-3H3,(H,27,30)(H,28,31). The molecule has 34 heavy (non-hydrogen) atoms. The molecule has 4 rings (SSSR count). The van der Waals surface area contributed by atoms with Crippen molar-refractivity contribution in [3.05, 3.63) is 82.9 Å². The van der Waals surface area contributed by atoms with Crippen molar-refractivity contribution in [3.8, 4) is 0 Å². The predicted octanol–water partition coefficient (Wildman–Crippen LogP) is 4.33. The first-order valence-corrected chi connectivity index (χ1v) is 12.5. The number of nitrogens with zero attached hydrogens (tertiary/aromatic N) is 1. The smallest absolute Gasteiger partial charge is 0.314 e. The number of benzene rings is 3. The molecule has 3 aromatic rings. The fourth-order valence-electron chi connectivity index (χ4n) is 3.94. The molecule has 2 amide bonds. The lowest BCUT2D eigenvalue weighted by molar-refractivity contribution is -0.133. The van der Waals surface area contributed by atoms with Gasteiger partial charge in [-0.3, -0.25) is 13.9 Å². The van der Waals surface area contributed by atoms with Crippen molar-refractivity contribution < 1.29 is 18.0 Å². The summed E-state index contributed by atoms with van der Waals surface area (Å²) in [6.45, 7) is 5.99. The topological polar surface area (TPSA) is 95.6 Å². The van der Waals surface area contributed by atoms with E-state index in [2.05, 4.69) is 10.6 Å². The van der Waals surface area contributed by atoms with Crippen molar-refractivity contribution in [2.24, 2.45) is 0 Å². The minimum absolute atomic E-state index is 0.216. The van der Waals surface area contributed by atoms with Crippen LogP contribution in [0.3, 0.4) is 0 Å². The number of amides is 2. The second-order valence-corrected chi connectivity index (χ2v) is 10.4. The van der Waals surface area contributed by atoms with Gasteiger partial charge in [0.25, 0.3) is 10.0 Å². The molecule has 0 atom stereocenters. The number of hydrogen-bond acceptors (Lipinski definition) is 4. The van der Waals surface area contributed by atoms with Crippen molar-refractivity contribution in [2.45, 2.75) is 38.5 Å². The number of sulfonamides is 1. The van der Waals surface area contributed by atoms with Crippen LogP contribution in [0.4, 0.5) is 17.1 Å². The first-order chi connectivity index (χ1) is 16.1. The molecular formula is C26H27N3O4S. The molecule has 176 valence electrons. The number of rotatable bonds is 4. The lowest BCUT2D eigenvalue weighted by Crippen LogP contribution is -2.35. The first-order valence-electron chi connectivity index (χ1n) is 11.1. The Labute approximate surface area is 199 Å². The molecule has 2 N–H and O–H groups in total. The van der Waals surface area contributed by atoms with Gasteiger partial charge >= 0.3 is 11.8 Å². The monoisotopic (exact) mass is 477 g/mol. The van der Waals surface area contributed by atoms with Crippen molar-refractivity contribution in [3.63, 3.8) is 0 Å². The van der Waals surface area contributed by atoms with Crippen molar-refractivity contribution in [1.29, 1.82) is 0 Å². The Bertz CT molecular complexity index is 1370. The van der Waals surface area contributed by atoms with Crippen molar-refractivity contribution in [2.75, 3.05) is 21.5 Å². The van der Waals surface area contributed by atoms with Crippen LogP contribution in [-0.2, 0) is 26.0 Å². The minimum Gasteiger partial charge on any atom is -0.318 e. The van der Waals surface area contributed by atoms with Gasteiger partial charge in [-0.15, -0.1) is 0 Å². The summed E-state index contributed by atoms with van der Waals surface area (Å²) < 4.78 is 28.1. The highest BCUT2D eigenvalue weighted by Crippen LogP contribution is 2.34. The van der Waals surface area contributed by atoms with Gasteiger partial charge < -0.3 is 10.6 Å². The average molecular weight is 478 g/mol. The van der Waals surface area contributed by atoms with Gasteiger partial charge in [-0.25, -0.2) is 8.42 Å². The Hall–Kier alpha value is -3.65. The Morgan fingerprint density at radius 2 is 1.50 bits per heavy atom. The molecular weight excluding hydrogens is 450 g/mol. The Morgan fingerprint density at radius 3 is 2.24 bits per heavy atom. The average Bonchev–Trinajstić information content (AvgIpc) is 2.81. The molecule has 3 aromatic carbocycles. The fraction of sp³-hybridized carbons (Fsp3) is 0.231. The van der Waals surface area contributed by atoms with E-state index in [-0.39, 0.29) is 4.90 Å². The van der Waals surface area contributed by atoms with Gasteiger partial charge in [0.15, 0.2) is 0 Å². The molecule has 0 saturated carbocycles. The van der Waals surface area contributed by atoms with Crippen LogP contribution in [0, 0.1) is 20.8 Å². The van der Waals surface area contributed by atoms with Crippen LogP contribution in [0.15, 0.2) is 65.6 Å². The van der Waals surface area contributed by atoms with E-state index < -0.39 is 21.8 Å². The van der Waals surface area contributed by atoms with Crippen LogP contribution >= 0.6 is 0 Å². The van der Waals surface area contributed by atoms with Crippen LogP contribution in [0.5, 0.6) is 0 Å². The number of hydrogen-bond donors (Lipinski definition) is 2. The molecule has 0 bridgehead atoms. The third-order valence-corrected chi connectivity index (χ3v) is 7.70. The van der Waals surface area contributed by atoms with Gasteiger partial charge in [0.1, 0.15) is 0 Å². The minimum atomic E-state index is -3.76. The Morgan fingerprint density at radius 1 is 0.824 bits per heavy atom. The van der Waals surface area contributed by atoms with E-state index in [9.17, 15) is 18.0 Å². The van der Waals surface area contributed by atoms with Crippen molar-refractivity contribution in [1.82, 2.24) is 0 Å². The first kappa shape index (κ1) is 23.5. The summed E-state index contributed by atoms with van der Waals surface area (Å²) in [5.74, 6) is -1.62. The Balaban J connectivity index is 1.56. The number of carbonyl (C=O) groups excluding carboxylic acids is 2. The van der Waals surface area contributed by atoms with Crippen LogP contribution in [0.2, 0.25) is 0 Å². The molecule has 0 saturated heterocycles. The molecule has 8 heteroatoms.